The summed E-state index contributed by atoms with van der Waals surface area (Å²) in [4.78, 5) is 8.96. The van der Waals surface area contributed by atoms with E-state index in [1.165, 1.54) is 6.20 Å². The van der Waals surface area contributed by atoms with E-state index in [0.717, 1.165) is 23.2 Å². The molecule has 0 spiro atoms. The zero-order valence-corrected chi connectivity index (χ0v) is 19.6. The molecule has 0 saturated heterocycles. The Labute approximate surface area is 201 Å². The minimum absolute atomic E-state index is 0.0112. The van der Waals surface area contributed by atoms with E-state index in [0.29, 0.717) is 48.4 Å². The van der Waals surface area contributed by atoms with E-state index in [9.17, 15) is 9.50 Å². The lowest BCUT2D eigenvalue weighted by Gasteiger charge is -2.18. The smallest absolute Gasteiger partial charge is 0.164 e. The predicted molar refractivity (Wildman–Crippen MR) is 127 cm³/mol. The fraction of sp³-hybridized carbons (Fsp3) is 0.417. The summed E-state index contributed by atoms with van der Waals surface area (Å²) in [5.74, 6) is 0.528. The SMILES string of the molecule is CC(C)(O)CCc1cn(-c2cnc(-n3ncc4cc(C#N)cnc43)cc2N[C@H]2CCC(F)C2)nn1. The summed E-state index contributed by atoms with van der Waals surface area (Å²) in [7, 11) is 0. The number of halogens is 1. The van der Waals surface area contributed by atoms with Gasteiger partial charge in [-0.1, -0.05) is 5.21 Å². The molecule has 1 aliphatic carbocycles. The van der Waals surface area contributed by atoms with Crippen LogP contribution in [0.4, 0.5) is 10.1 Å². The van der Waals surface area contributed by atoms with Crippen LogP contribution in [0.15, 0.2) is 36.9 Å². The molecule has 35 heavy (non-hydrogen) atoms. The van der Waals surface area contributed by atoms with Crippen molar-refractivity contribution < 1.29 is 9.50 Å². The van der Waals surface area contributed by atoms with Crippen molar-refractivity contribution in [2.45, 2.75) is 63.8 Å². The van der Waals surface area contributed by atoms with Crippen molar-refractivity contribution in [2.24, 2.45) is 0 Å². The maximum Gasteiger partial charge on any atom is 0.164 e. The Hall–Kier alpha value is -3.91. The quantitative estimate of drug-likeness (QED) is 0.416. The summed E-state index contributed by atoms with van der Waals surface area (Å²) >= 11 is 0. The first-order valence-electron chi connectivity index (χ1n) is 11.6. The summed E-state index contributed by atoms with van der Waals surface area (Å²) < 4.78 is 17.1. The standard InChI is InChI=1S/C24H26FN9O/c1-24(2,35)6-5-19-14-33(32-31-19)21-13-27-22(9-20(21)30-18-4-3-17(25)8-18)34-23-16(12-29-34)7-15(10-26)11-28-23/h7,9,11-14,17-18,35H,3-6,8H2,1-2H3,(H,27,30)/t17?,18-/m0/s1. The van der Waals surface area contributed by atoms with Gasteiger partial charge in [0.1, 0.15) is 17.9 Å². The van der Waals surface area contributed by atoms with E-state index in [1.807, 2.05) is 12.3 Å². The number of nitrogens with one attached hydrogen (secondary N) is 1. The molecular weight excluding hydrogens is 449 g/mol. The Morgan fingerprint density at radius 1 is 1.23 bits per heavy atom. The Morgan fingerprint density at radius 3 is 2.83 bits per heavy atom. The summed E-state index contributed by atoms with van der Waals surface area (Å²) in [6.07, 6.45) is 8.65. The van der Waals surface area contributed by atoms with Gasteiger partial charge in [-0.15, -0.1) is 5.10 Å². The van der Waals surface area contributed by atoms with Gasteiger partial charge < -0.3 is 10.4 Å². The van der Waals surface area contributed by atoms with E-state index < -0.39 is 11.8 Å². The van der Waals surface area contributed by atoms with Crippen LogP contribution in [0.25, 0.3) is 22.5 Å². The molecule has 180 valence electrons. The van der Waals surface area contributed by atoms with Crippen LogP contribution in [0.5, 0.6) is 0 Å². The summed E-state index contributed by atoms with van der Waals surface area (Å²) in [6.45, 7) is 3.52. The van der Waals surface area contributed by atoms with Crippen molar-refractivity contribution in [1.82, 2.24) is 34.7 Å². The number of aryl methyl sites for hydroxylation is 1. The molecular formula is C24H26FN9O. The van der Waals surface area contributed by atoms with Gasteiger partial charge in [0.15, 0.2) is 11.5 Å². The van der Waals surface area contributed by atoms with Crippen LogP contribution in [0.2, 0.25) is 0 Å². The highest BCUT2D eigenvalue weighted by molar-refractivity contribution is 5.77. The van der Waals surface area contributed by atoms with Crippen LogP contribution >= 0.6 is 0 Å². The zero-order chi connectivity index (χ0) is 24.6. The fourth-order valence-electron chi connectivity index (χ4n) is 4.24. The topological polar surface area (TPSA) is 130 Å². The average Bonchev–Trinajstić information content (AvgIpc) is 3.56. The summed E-state index contributed by atoms with van der Waals surface area (Å²) in [5, 5.41) is 36.3. The number of aliphatic hydroxyl groups is 1. The molecule has 2 N–H and O–H groups in total. The third-order valence-corrected chi connectivity index (χ3v) is 6.13. The molecule has 0 radical (unpaired) electrons. The van der Waals surface area contributed by atoms with Crippen LogP contribution in [0.1, 0.15) is 50.8 Å². The van der Waals surface area contributed by atoms with Gasteiger partial charge in [-0.2, -0.15) is 15.0 Å². The predicted octanol–water partition coefficient (Wildman–Crippen LogP) is 3.27. The van der Waals surface area contributed by atoms with E-state index >= 15 is 0 Å². The van der Waals surface area contributed by atoms with Crippen LogP contribution in [-0.4, -0.2) is 57.7 Å². The molecule has 11 heteroatoms. The van der Waals surface area contributed by atoms with Crippen molar-refractivity contribution in [3.05, 3.63) is 48.2 Å². The molecule has 1 fully saturated rings. The van der Waals surface area contributed by atoms with Crippen LogP contribution in [0.3, 0.4) is 0 Å². The molecule has 10 nitrogen and oxygen atoms in total. The maximum absolute atomic E-state index is 13.9. The fourth-order valence-corrected chi connectivity index (χ4v) is 4.24. The molecule has 4 aromatic heterocycles. The molecule has 0 aliphatic heterocycles. The number of nitriles is 1. The van der Waals surface area contributed by atoms with E-state index in [-0.39, 0.29) is 6.04 Å². The van der Waals surface area contributed by atoms with Gasteiger partial charge in [0.05, 0.1) is 41.1 Å². The molecule has 0 bridgehead atoms. The normalized spacial score (nSPS) is 18.1. The van der Waals surface area contributed by atoms with Gasteiger partial charge in [-0.25, -0.2) is 19.0 Å². The maximum atomic E-state index is 13.9. The minimum Gasteiger partial charge on any atom is -0.390 e. The van der Waals surface area contributed by atoms with E-state index in [4.69, 9.17) is 5.26 Å². The van der Waals surface area contributed by atoms with Gasteiger partial charge in [-0.05, 0) is 52.0 Å². The molecule has 1 unspecified atom stereocenters. The van der Waals surface area contributed by atoms with Crippen molar-refractivity contribution in [1.29, 1.82) is 5.26 Å². The third kappa shape index (κ3) is 4.97. The van der Waals surface area contributed by atoms with Crippen molar-refractivity contribution in [3.8, 4) is 17.6 Å². The molecule has 1 saturated carbocycles. The second kappa shape index (κ2) is 9.03. The Kier molecular flexibility index (Phi) is 5.90. The molecule has 1 aliphatic rings. The molecule has 4 heterocycles. The number of pyridine rings is 2. The molecule has 5 rings (SSSR count). The third-order valence-electron chi connectivity index (χ3n) is 6.13. The Morgan fingerprint density at radius 2 is 2.09 bits per heavy atom. The highest BCUT2D eigenvalue weighted by Gasteiger charge is 2.25. The van der Waals surface area contributed by atoms with Crippen LogP contribution < -0.4 is 5.32 Å². The van der Waals surface area contributed by atoms with Gasteiger partial charge in [0.25, 0.3) is 0 Å². The first-order chi connectivity index (χ1) is 16.8. The van der Waals surface area contributed by atoms with Crippen molar-refractivity contribution in [3.63, 3.8) is 0 Å². The lowest BCUT2D eigenvalue weighted by Crippen LogP contribution is -2.19. The highest BCUT2D eigenvalue weighted by atomic mass is 19.1. The van der Waals surface area contributed by atoms with Crippen LogP contribution in [-0.2, 0) is 6.42 Å². The second-order valence-electron chi connectivity index (χ2n) is 9.58. The summed E-state index contributed by atoms with van der Waals surface area (Å²) in [5.41, 5.74) is 2.40. The first kappa shape index (κ1) is 22.9. The second-order valence-corrected chi connectivity index (χ2v) is 9.58. The Bertz CT molecular complexity index is 1400. The average molecular weight is 476 g/mol. The summed E-state index contributed by atoms with van der Waals surface area (Å²) in [6, 6.07) is 5.63. The number of hydrogen-bond donors (Lipinski definition) is 2. The van der Waals surface area contributed by atoms with E-state index in [1.54, 1.807) is 41.7 Å². The van der Waals surface area contributed by atoms with Crippen molar-refractivity contribution >= 4 is 16.7 Å². The number of nitrogens with zero attached hydrogens (tertiary/aromatic N) is 8. The van der Waals surface area contributed by atoms with Gasteiger partial charge in [-0.3, -0.25) is 0 Å². The number of alkyl halides is 1. The number of anilines is 1. The monoisotopic (exact) mass is 475 g/mol. The van der Waals surface area contributed by atoms with Crippen molar-refractivity contribution in [2.75, 3.05) is 5.32 Å². The number of rotatable bonds is 7. The van der Waals surface area contributed by atoms with Crippen LogP contribution in [0, 0.1) is 11.3 Å². The minimum atomic E-state index is -0.814. The largest absolute Gasteiger partial charge is 0.390 e. The Balaban J connectivity index is 1.51. The molecule has 4 aromatic rings. The molecule has 0 amide bonds. The molecule has 0 aromatic carbocycles. The number of aromatic nitrogens is 7. The molecule has 2 atom stereocenters. The first-order valence-corrected chi connectivity index (χ1v) is 11.6. The number of hydrogen-bond acceptors (Lipinski definition) is 8. The van der Waals surface area contributed by atoms with E-state index in [2.05, 4.69) is 36.8 Å². The van der Waals surface area contributed by atoms with Gasteiger partial charge in [0, 0.05) is 23.7 Å². The lowest BCUT2D eigenvalue weighted by molar-refractivity contribution is 0.0711. The number of fused-ring (bicyclic) bond motifs is 1. The highest BCUT2D eigenvalue weighted by Crippen LogP contribution is 2.29. The zero-order valence-electron chi connectivity index (χ0n) is 19.6. The lowest BCUT2D eigenvalue weighted by atomic mass is 10.0. The van der Waals surface area contributed by atoms with Gasteiger partial charge in [0.2, 0.25) is 0 Å². The van der Waals surface area contributed by atoms with Gasteiger partial charge >= 0.3 is 0 Å².